The summed E-state index contributed by atoms with van der Waals surface area (Å²) in [5.41, 5.74) is 0.0971. The zero-order valence-corrected chi connectivity index (χ0v) is 9.64. The maximum atomic E-state index is 12.0. The smallest absolute Gasteiger partial charge is 0.226 e. The van der Waals surface area contributed by atoms with Gasteiger partial charge in [-0.1, -0.05) is 0 Å². The van der Waals surface area contributed by atoms with Gasteiger partial charge in [0.1, 0.15) is 5.50 Å². The Morgan fingerprint density at radius 3 is 3.13 bits per heavy atom. The molecule has 0 aromatic rings. The van der Waals surface area contributed by atoms with E-state index in [0.29, 0.717) is 18.0 Å². The average molecular weight is 227 g/mol. The fourth-order valence-electron chi connectivity index (χ4n) is 3.29. The SMILES string of the molecule is CSC1NC(=O)C2C3CCNC(C3)C2N1. The van der Waals surface area contributed by atoms with Gasteiger partial charge in [0.2, 0.25) is 5.91 Å². The van der Waals surface area contributed by atoms with Crippen molar-refractivity contribution in [1.29, 1.82) is 0 Å². The number of hydrogen-bond donors (Lipinski definition) is 3. The highest BCUT2D eigenvalue weighted by molar-refractivity contribution is 7.99. The zero-order chi connectivity index (χ0) is 10.4. The molecule has 3 rings (SSSR count). The van der Waals surface area contributed by atoms with E-state index in [9.17, 15) is 4.79 Å². The van der Waals surface area contributed by atoms with Crippen molar-refractivity contribution < 1.29 is 4.79 Å². The molecule has 5 unspecified atom stereocenters. The molecule has 0 aromatic carbocycles. The first-order valence-electron chi connectivity index (χ1n) is 5.62. The number of carbonyl (C=O) groups is 1. The summed E-state index contributed by atoms with van der Waals surface area (Å²) in [5, 5.41) is 10.1. The van der Waals surface area contributed by atoms with Crippen LogP contribution >= 0.6 is 11.8 Å². The molecule has 3 N–H and O–H groups in total. The van der Waals surface area contributed by atoms with E-state index >= 15 is 0 Å². The van der Waals surface area contributed by atoms with Crippen LogP contribution in [0.4, 0.5) is 0 Å². The summed E-state index contributed by atoms with van der Waals surface area (Å²) in [6.07, 6.45) is 4.33. The Balaban J connectivity index is 1.84. The van der Waals surface area contributed by atoms with Gasteiger partial charge in [-0.15, -0.1) is 11.8 Å². The number of piperidine rings is 1. The third kappa shape index (κ3) is 1.48. The second-order valence-electron chi connectivity index (χ2n) is 4.69. The first kappa shape index (κ1) is 9.93. The lowest BCUT2D eigenvalue weighted by atomic mass is 9.89. The van der Waals surface area contributed by atoms with Gasteiger partial charge in [-0.3, -0.25) is 10.1 Å². The molecule has 4 nitrogen and oxygen atoms in total. The molecule has 2 bridgehead atoms. The molecule has 1 amide bonds. The highest BCUT2D eigenvalue weighted by atomic mass is 32.2. The Labute approximate surface area is 93.9 Å². The van der Waals surface area contributed by atoms with Crippen LogP contribution in [0.1, 0.15) is 12.8 Å². The maximum Gasteiger partial charge on any atom is 0.226 e. The van der Waals surface area contributed by atoms with Gasteiger partial charge in [0, 0.05) is 12.1 Å². The molecular weight excluding hydrogens is 210 g/mol. The predicted octanol–water partition coefficient (Wildman–Crippen LogP) is -0.281. The van der Waals surface area contributed by atoms with Crippen molar-refractivity contribution in [3.8, 4) is 0 Å². The summed E-state index contributed by atoms with van der Waals surface area (Å²) in [6, 6.07) is 0.859. The number of fused-ring (bicyclic) bond motifs is 5. The minimum Gasteiger partial charge on any atom is -0.332 e. The molecule has 3 aliphatic rings. The molecule has 5 atom stereocenters. The van der Waals surface area contributed by atoms with Crippen LogP contribution in [0.5, 0.6) is 0 Å². The van der Waals surface area contributed by atoms with Crippen molar-refractivity contribution in [3.05, 3.63) is 0 Å². The van der Waals surface area contributed by atoms with Crippen LogP contribution in [0.3, 0.4) is 0 Å². The van der Waals surface area contributed by atoms with E-state index in [1.165, 1.54) is 0 Å². The van der Waals surface area contributed by atoms with Gasteiger partial charge in [-0.25, -0.2) is 0 Å². The summed E-state index contributed by atoms with van der Waals surface area (Å²) in [6.45, 7) is 1.07. The number of nitrogens with one attached hydrogen (secondary N) is 3. The van der Waals surface area contributed by atoms with Gasteiger partial charge in [0.05, 0.1) is 5.92 Å². The van der Waals surface area contributed by atoms with Crippen LogP contribution in [0.25, 0.3) is 0 Å². The Kier molecular flexibility index (Phi) is 2.41. The molecule has 3 fully saturated rings. The molecular formula is C10H17N3OS. The summed E-state index contributed by atoms with van der Waals surface area (Å²) in [7, 11) is 0. The van der Waals surface area contributed by atoms with Gasteiger partial charge in [0.25, 0.3) is 0 Å². The molecule has 1 saturated carbocycles. The number of rotatable bonds is 1. The van der Waals surface area contributed by atoms with Crippen molar-refractivity contribution in [2.45, 2.75) is 30.4 Å². The van der Waals surface area contributed by atoms with Crippen molar-refractivity contribution in [1.82, 2.24) is 16.0 Å². The average Bonchev–Trinajstić information content (AvgIpc) is 2.51. The van der Waals surface area contributed by atoms with Crippen molar-refractivity contribution in [3.63, 3.8) is 0 Å². The first-order chi connectivity index (χ1) is 7.29. The van der Waals surface area contributed by atoms with E-state index < -0.39 is 0 Å². The fourth-order valence-corrected chi connectivity index (χ4v) is 3.82. The highest BCUT2D eigenvalue weighted by Crippen LogP contribution is 2.39. The summed E-state index contributed by atoms with van der Waals surface area (Å²) < 4.78 is 0. The quantitative estimate of drug-likeness (QED) is 0.577. The third-order valence-corrected chi connectivity index (χ3v) is 4.69. The maximum absolute atomic E-state index is 12.0. The second-order valence-corrected chi connectivity index (χ2v) is 5.63. The van der Waals surface area contributed by atoms with E-state index in [4.69, 9.17) is 0 Å². The standard InChI is InChI=1S/C10H17N3OS/c1-15-10-12-8-6-4-5(2-3-11-6)7(8)9(14)13-10/h5-8,10-12H,2-4H2,1H3,(H,13,14). The molecule has 0 aromatic heterocycles. The Morgan fingerprint density at radius 1 is 1.47 bits per heavy atom. The molecule has 1 aliphatic carbocycles. The van der Waals surface area contributed by atoms with Crippen LogP contribution in [0.15, 0.2) is 0 Å². The number of hydrogen-bond acceptors (Lipinski definition) is 4. The van der Waals surface area contributed by atoms with Gasteiger partial charge < -0.3 is 10.6 Å². The van der Waals surface area contributed by atoms with Crippen molar-refractivity contribution in [2.75, 3.05) is 12.8 Å². The van der Waals surface area contributed by atoms with Crippen LogP contribution in [-0.2, 0) is 4.79 Å². The Hall–Kier alpha value is -0.260. The van der Waals surface area contributed by atoms with E-state index in [-0.39, 0.29) is 17.3 Å². The molecule has 84 valence electrons. The minimum absolute atomic E-state index is 0.0971. The Morgan fingerprint density at radius 2 is 2.33 bits per heavy atom. The largest absolute Gasteiger partial charge is 0.332 e. The summed E-state index contributed by atoms with van der Waals surface area (Å²) in [4.78, 5) is 12.0. The lowest BCUT2D eigenvalue weighted by Crippen LogP contribution is -2.62. The lowest BCUT2D eigenvalue weighted by Gasteiger charge is -2.35. The van der Waals surface area contributed by atoms with Crippen LogP contribution < -0.4 is 16.0 Å². The number of amides is 1. The van der Waals surface area contributed by atoms with E-state index in [1.807, 2.05) is 6.26 Å². The van der Waals surface area contributed by atoms with E-state index in [0.717, 1.165) is 19.4 Å². The summed E-state index contributed by atoms with van der Waals surface area (Å²) in [5.74, 6) is 1.05. The first-order valence-corrected chi connectivity index (χ1v) is 6.91. The number of thioether (sulfide) groups is 1. The highest BCUT2D eigenvalue weighted by Gasteiger charge is 2.51. The van der Waals surface area contributed by atoms with Crippen molar-refractivity contribution >= 4 is 17.7 Å². The third-order valence-electron chi connectivity index (χ3n) is 3.96. The number of carbonyl (C=O) groups excluding carboxylic acids is 1. The van der Waals surface area contributed by atoms with E-state index in [2.05, 4.69) is 16.0 Å². The lowest BCUT2D eigenvalue weighted by molar-refractivity contribution is -0.129. The molecule has 0 radical (unpaired) electrons. The molecule has 2 aliphatic heterocycles. The zero-order valence-electron chi connectivity index (χ0n) is 8.82. The van der Waals surface area contributed by atoms with Crippen LogP contribution in [0, 0.1) is 11.8 Å². The Bertz CT molecular complexity index is 286. The predicted molar refractivity (Wildman–Crippen MR) is 60.4 cm³/mol. The molecule has 15 heavy (non-hydrogen) atoms. The second kappa shape index (κ2) is 3.64. The molecule has 5 heteroatoms. The van der Waals surface area contributed by atoms with Crippen molar-refractivity contribution in [2.24, 2.45) is 11.8 Å². The van der Waals surface area contributed by atoms with Gasteiger partial charge in [-0.2, -0.15) is 0 Å². The van der Waals surface area contributed by atoms with Crippen LogP contribution in [-0.4, -0.2) is 36.3 Å². The van der Waals surface area contributed by atoms with Crippen LogP contribution in [0.2, 0.25) is 0 Å². The monoisotopic (exact) mass is 227 g/mol. The molecule has 0 spiro atoms. The normalized spacial score (nSPS) is 48.6. The minimum atomic E-state index is 0.0971. The topological polar surface area (TPSA) is 53.2 Å². The fraction of sp³-hybridized carbons (Fsp3) is 0.900. The summed E-state index contributed by atoms with van der Waals surface area (Å²) >= 11 is 1.66. The molecule has 2 saturated heterocycles. The van der Waals surface area contributed by atoms with Gasteiger partial charge in [-0.05, 0) is 31.6 Å². The van der Waals surface area contributed by atoms with E-state index in [1.54, 1.807) is 11.8 Å². The van der Waals surface area contributed by atoms with Gasteiger partial charge in [0.15, 0.2) is 0 Å². The van der Waals surface area contributed by atoms with Gasteiger partial charge >= 0.3 is 0 Å². The molecule has 2 heterocycles.